The van der Waals surface area contributed by atoms with Gasteiger partial charge in [0.2, 0.25) is 11.8 Å². The lowest BCUT2D eigenvalue weighted by Crippen LogP contribution is -2.66. The average Bonchev–Trinajstić information content (AvgIpc) is 2.80. The number of nitrogens with zero attached hydrogens (tertiary/aromatic N) is 1. The highest BCUT2D eigenvalue weighted by molar-refractivity contribution is 9.10. The van der Waals surface area contributed by atoms with Crippen molar-refractivity contribution < 1.29 is 24.9 Å². The van der Waals surface area contributed by atoms with E-state index < -0.39 is 11.3 Å². The first-order valence-electron chi connectivity index (χ1n) is 7.17. The number of benzene rings is 1. The van der Waals surface area contributed by atoms with Crippen LogP contribution in [0.1, 0.15) is 13.3 Å². The molecule has 1 aromatic carbocycles. The Bertz CT molecular complexity index is 608. The molecule has 1 heterocycles. The van der Waals surface area contributed by atoms with Crippen LogP contribution in [0, 0.1) is 0 Å². The van der Waals surface area contributed by atoms with E-state index in [0.717, 1.165) is 4.47 Å². The Morgan fingerprint density at radius 2 is 2.09 bits per heavy atom. The molecule has 124 valence electrons. The molecule has 6 nitrogen and oxygen atoms in total. The minimum atomic E-state index is -0.551. The van der Waals surface area contributed by atoms with Crippen LogP contribution in [0.2, 0.25) is 0 Å². The SMILES string of the molecule is CCOC(=O)C([NH3+])CSC1CC(=O)N(c2ccc(Br)cc2)C1=O. The second-order valence-corrected chi connectivity index (χ2v) is 7.17. The lowest BCUT2D eigenvalue weighted by Gasteiger charge is -2.15. The van der Waals surface area contributed by atoms with Crippen LogP contribution >= 0.6 is 27.7 Å². The summed E-state index contributed by atoms with van der Waals surface area (Å²) in [5.74, 6) is -0.525. The first-order chi connectivity index (χ1) is 10.9. The zero-order valence-electron chi connectivity index (χ0n) is 12.7. The number of ether oxygens (including phenoxy) is 1. The molecule has 1 aliphatic heterocycles. The van der Waals surface area contributed by atoms with Crippen LogP contribution in [0.3, 0.4) is 0 Å². The molecule has 1 aromatic rings. The number of carbonyl (C=O) groups is 3. The minimum Gasteiger partial charge on any atom is -0.462 e. The highest BCUT2D eigenvalue weighted by Gasteiger charge is 2.40. The second-order valence-electron chi connectivity index (χ2n) is 5.02. The number of imide groups is 1. The molecule has 2 atom stereocenters. The van der Waals surface area contributed by atoms with E-state index in [1.54, 1.807) is 31.2 Å². The number of thioether (sulfide) groups is 1. The monoisotopic (exact) mass is 401 g/mol. The van der Waals surface area contributed by atoms with Crippen LogP contribution in [-0.2, 0) is 19.1 Å². The summed E-state index contributed by atoms with van der Waals surface area (Å²) < 4.78 is 5.76. The summed E-state index contributed by atoms with van der Waals surface area (Å²) >= 11 is 4.60. The number of esters is 1. The summed E-state index contributed by atoms with van der Waals surface area (Å²) in [5.41, 5.74) is 4.30. The highest BCUT2D eigenvalue weighted by atomic mass is 79.9. The first kappa shape index (κ1) is 18.0. The molecule has 0 spiro atoms. The summed E-state index contributed by atoms with van der Waals surface area (Å²) in [5, 5.41) is -0.482. The Morgan fingerprint density at radius 3 is 2.70 bits per heavy atom. The van der Waals surface area contributed by atoms with Gasteiger partial charge >= 0.3 is 5.97 Å². The van der Waals surface area contributed by atoms with Gasteiger partial charge in [-0.25, -0.2) is 9.69 Å². The van der Waals surface area contributed by atoms with Crippen molar-refractivity contribution in [3.8, 4) is 0 Å². The predicted octanol–water partition coefficient (Wildman–Crippen LogP) is 0.988. The Kier molecular flexibility index (Phi) is 6.20. The zero-order valence-corrected chi connectivity index (χ0v) is 15.1. The molecular weight excluding hydrogens is 384 g/mol. The molecule has 0 saturated carbocycles. The van der Waals surface area contributed by atoms with Crippen LogP contribution in [-0.4, -0.2) is 41.4 Å². The van der Waals surface area contributed by atoms with E-state index in [-0.39, 0.29) is 24.2 Å². The summed E-state index contributed by atoms with van der Waals surface area (Å²) in [6, 6.07) is 6.45. The third kappa shape index (κ3) is 4.33. The fourth-order valence-corrected chi connectivity index (χ4v) is 3.53. The lowest BCUT2D eigenvalue weighted by molar-refractivity contribution is -0.401. The number of quaternary nitrogens is 1. The second kappa shape index (κ2) is 7.94. The van der Waals surface area contributed by atoms with Crippen LogP contribution in [0.15, 0.2) is 28.7 Å². The van der Waals surface area contributed by atoms with Gasteiger partial charge in [-0.05, 0) is 31.2 Å². The number of anilines is 1. The molecule has 3 N–H and O–H groups in total. The van der Waals surface area contributed by atoms with Crippen LogP contribution in [0.5, 0.6) is 0 Å². The van der Waals surface area contributed by atoms with Crippen LogP contribution in [0.25, 0.3) is 0 Å². The van der Waals surface area contributed by atoms with Crippen molar-refractivity contribution in [1.29, 1.82) is 0 Å². The van der Waals surface area contributed by atoms with Gasteiger partial charge in [0.15, 0.2) is 6.04 Å². The Balaban J connectivity index is 1.98. The van der Waals surface area contributed by atoms with Crippen molar-refractivity contribution in [1.82, 2.24) is 0 Å². The third-order valence-corrected chi connectivity index (χ3v) is 5.20. The Hall–Kier alpha value is -1.38. The van der Waals surface area contributed by atoms with Crippen molar-refractivity contribution in [3.05, 3.63) is 28.7 Å². The largest absolute Gasteiger partial charge is 0.462 e. The van der Waals surface area contributed by atoms with E-state index >= 15 is 0 Å². The van der Waals surface area contributed by atoms with E-state index in [0.29, 0.717) is 18.0 Å². The van der Waals surface area contributed by atoms with E-state index in [9.17, 15) is 14.4 Å². The van der Waals surface area contributed by atoms with E-state index in [2.05, 4.69) is 21.7 Å². The Morgan fingerprint density at radius 1 is 1.43 bits per heavy atom. The fraction of sp³-hybridized carbons (Fsp3) is 0.400. The van der Waals surface area contributed by atoms with Crippen molar-refractivity contribution >= 4 is 51.2 Å². The molecule has 1 aliphatic rings. The summed E-state index contributed by atoms with van der Waals surface area (Å²) in [4.78, 5) is 37.3. The molecule has 0 aliphatic carbocycles. The quantitative estimate of drug-likeness (QED) is 0.566. The molecule has 8 heteroatoms. The van der Waals surface area contributed by atoms with Gasteiger partial charge < -0.3 is 10.5 Å². The smallest absolute Gasteiger partial charge is 0.365 e. The third-order valence-electron chi connectivity index (χ3n) is 3.31. The fourth-order valence-electron chi connectivity index (χ4n) is 2.16. The molecule has 23 heavy (non-hydrogen) atoms. The maximum atomic E-state index is 12.4. The predicted molar refractivity (Wildman–Crippen MR) is 90.8 cm³/mol. The minimum absolute atomic E-state index is 0.134. The normalized spacial score (nSPS) is 19.1. The standard InChI is InChI=1S/C15H17BrN2O4S/c1-2-22-15(21)11(17)8-23-12-7-13(19)18(14(12)20)10-5-3-9(16)4-6-10/h3-6,11-12H,2,7-8,17H2,1H3/p+1. The van der Waals surface area contributed by atoms with E-state index in [4.69, 9.17) is 4.74 Å². The van der Waals surface area contributed by atoms with Gasteiger partial charge in [0.25, 0.3) is 0 Å². The van der Waals surface area contributed by atoms with Gasteiger partial charge in [0.05, 0.1) is 23.3 Å². The number of amides is 2. The first-order valence-corrected chi connectivity index (χ1v) is 9.02. The molecule has 0 bridgehead atoms. The number of rotatable bonds is 6. The molecule has 0 aromatic heterocycles. The molecule has 2 rings (SSSR count). The molecule has 1 saturated heterocycles. The van der Waals surface area contributed by atoms with Gasteiger partial charge in [-0.2, -0.15) is 0 Å². The molecule has 2 unspecified atom stereocenters. The maximum absolute atomic E-state index is 12.4. The number of carbonyl (C=O) groups excluding carboxylic acids is 3. The van der Waals surface area contributed by atoms with Crippen molar-refractivity contribution in [2.45, 2.75) is 24.6 Å². The van der Waals surface area contributed by atoms with Gasteiger partial charge in [0, 0.05) is 10.9 Å². The van der Waals surface area contributed by atoms with E-state index in [1.807, 2.05) is 0 Å². The summed E-state index contributed by atoms with van der Waals surface area (Å²) in [7, 11) is 0. The number of halogens is 1. The van der Waals surface area contributed by atoms with Crippen LogP contribution < -0.4 is 10.6 Å². The van der Waals surface area contributed by atoms with Crippen molar-refractivity contribution in [2.24, 2.45) is 0 Å². The summed E-state index contributed by atoms with van der Waals surface area (Å²) in [6.07, 6.45) is 0.134. The molecule has 1 fully saturated rings. The Labute approximate surface area is 146 Å². The van der Waals surface area contributed by atoms with Crippen molar-refractivity contribution in [3.63, 3.8) is 0 Å². The average molecular weight is 402 g/mol. The molecule has 0 radical (unpaired) electrons. The van der Waals surface area contributed by atoms with Gasteiger partial charge in [-0.1, -0.05) is 15.9 Å². The number of hydrogen-bond donors (Lipinski definition) is 1. The highest BCUT2D eigenvalue weighted by Crippen LogP contribution is 2.30. The molecule has 2 amide bonds. The lowest BCUT2D eigenvalue weighted by atomic mass is 10.3. The topological polar surface area (TPSA) is 91.3 Å². The van der Waals surface area contributed by atoms with Crippen molar-refractivity contribution in [2.75, 3.05) is 17.3 Å². The van der Waals surface area contributed by atoms with Crippen LogP contribution in [0.4, 0.5) is 5.69 Å². The van der Waals surface area contributed by atoms with Gasteiger partial charge in [0.1, 0.15) is 0 Å². The van der Waals surface area contributed by atoms with Gasteiger partial charge in [-0.15, -0.1) is 11.8 Å². The maximum Gasteiger partial charge on any atom is 0.365 e. The summed E-state index contributed by atoms with van der Waals surface area (Å²) in [6.45, 7) is 2.03. The number of hydrogen-bond acceptors (Lipinski definition) is 5. The zero-order chi connectivity index (χ0) is 17.0. The molecular formula is C15H18BrN2O4S+. The van der Waals surface area contributed by atoms with Gasteiger partial charge in [-0.3, -0.25) is 9.59 Å². The van der Waals surface area contributed by atoms with E-state index in [1.165, 1.54) is 16.7 Å².